The van der Waals surface area contributed by atoms with Crippen LogP contribution < -0.4 is 10.6 Å². The third-order valence-corrected chi connectivity index (χ3v) is 4.42. The van der Waals surface area contributed by atoms with E-state index in [-0.39, 0.29) is 6.42 Å². The number of hydrogen-bond acceptors (Lipinski definition) is 4. The number of benzene rings is 2. The van der Waals surface area contributed by atoms with Crippen LogP contribution in [0.1, 0.15) is 17.8 Å². The van der Waals surface area contributed by atoms with Crippen LogP contribution in [0.15, 0.2) is 66.9 Å². The van der Waals surface area contributed by atoms with Crippen molar-refractivity contribution in [3.63, 3.8) is 0 Å². The first kappa shape index (κ1) is 20.0. The maximum Gasteiger partial charge on any atom is 0.233 e. The van der Waals surface area contributed by atoms with Crippen LogP contribution in [-0.4, -0.2) is 27.0 Å². The van der Waals surface area contributed by atoms with Gasteiger partial charge in [0.1, 0.15) is 12.2 Å². The van der Waals surface area contributed by atoms with E-state index in [0.717, 1.165) is 22.3 Å². The van der Waals surface area contributed by atoms with E-state index in [1.54, 1.807) is 18.3 Å². The Balaban J connectivity index is 1.38. The number of carbonyl (C=O) groups excluding carboxylic acids is 2. The van der Waals surface area contributed by atoms with Crippen molar-refractivity contribution in [2.45, 2.75) is 6.42 Å². The average molecular weight is 415 g/mol. The number of nitrogens with zero attached hydrogens (tertiary/aromatic N) is 2. The highest BCUT2D eigenvalue weighted by Gasteiger charge is 2.11. The molecule has 0 aliphatic carbocycles. The molecule has 0 radical (unpaired) electrons. The number of anilines is 2. The van der Waals surface area contributed by atoms with Gasteiger partial charge in [0.05, 0.1) is 16.9 Å². The number of aromatic amines is 1. The van der Waals surface area contributed by atoms with Gasteiger partial charge in [0, 0.05) is 23.0 Å². The summed E-state index contributed by atoms with van der Waals surface area (Å²) in [5, 5.41) is 13.4. The zero-order valence-corrected chi connectivity index (χ0v) is 16.3. The quantitative estimate of drug-likeness (QED) is 0.410. The van der Waals surface area contributed by atoms with Crippen LogP contribution in [0.25, 0.3) is 23.1 Å². The minimum Gasteiger partial charge on any atom is -0.326 e. The zero-order valence-electron chi connectivity index (χ0n) is 16.3. The lowest BCUT2D eigenvalue weighted by Crippen LogP contribution is -2.21. The average Bonchev–Trinajstić information content (AvgIpc) is 3.16. The topological polar surface area (TPSA) is 99.8 Å². The molecule has 0 unspecified atom stereocenters. The normalized spacial score (nSPS) is 11.0. The molecule has 4 aromatic rings. The fraction of sp³-hybridized carbons (Fsp3) is 0.0435. The van der Waals surface area contributed by atoms with Gasteiger partial charge in [-0.15, -0.1) is 0 Å². The van der Waals surface area contributed by atoms with E-state index in [0.29, 0.717) is 11.4 Å². The first-order valence-corrected chi connectivity index (χ1v) is 9.49. The number of hydrogen-bond donors (Lipinski definition) is 3. The maximum atomic E-state index is 12.9. The molecule has 31 heavy (non-hydrogen) atoms. The molecule has 154 valence electrons. The van der Waals surface area contributed by atoms with E-state index in [2.05, 4.69) is 25.8 Å². The smallest absolute Gasteiger partial charge is 0.233 e. The molecule has 7 nitrogen and oxygen atoms in total. The lowest BCUT2D eigenvalue weighted by Gasteiger charge is -2.07. The fourth-order valence-corrected chi connectivity index (χ4v) is 2.97. The number of aromatic nitrogens is 3. The number of H-pyrrole nitrogens is 1. The van der Waals surface area contributed by atoms with Crippen LogP contribution in [0.3, 0.4) is 0 Å². The van der Waals surface area contributed by atoms with Crippen molar-refractivity contribution in [2.75, 3.05) is 10.6 Å². The monoisotopic (exact) mass is 415 g/mol. The van der Waals surface area contributed by atoms with Gasteiger partial charge in [-0.25, -0.2) is 4.39 Å². The summed E-state index contributed by atoms with van der Waals surface area (Å²) >= 11 is 0. The van der Waals surface area contributed by atoms with Crippen molar-refractivity contribution < 1.29 is 14.0 Å². The number of halogens is 1. The van der Waals surface area contributed by atoms with Gasteiger partial charge >= 0.3 is 0 Å². The molecule has 0 atom stereocenters. The number of fused-ring (bicyclic) bond motifs is 1. The van der Waals surface area contributed by atoms with E-state index in [4.69, 9.17) is 0 Å². The second kappa shape index (κ2) is 9.00. The molecule has 2 aromatic carbocycles. The van der Waals surface area contributed by atoms with Gasteiger partial charge in [0.15, 0.2) is 0 Å². The molecule has 2 amide bonds. The van der Waals surface area contributed by atoms with Crippen LogP contribution in [0.2, 0.25) is 0 Å². The van der Waals surface area contributed by atoms with Crippen molar-refractivity contribution in [3.8, 4) is 0 Å². The summed E-state index contributed by atoms with van der Waals surface area (Å²) in [5.41, 5.74) is 3.27. The van der Waals surface area contributed by atoms with E-state index in [1.807, 2.05) is 36.4 Å². The summed E-state index contributed by atoms with van der Waals surface area (Å²) in [6, 6.07) is 16.3. The molecule has 0 bridgehead atoms. The highest BCUT2D eigenvalue weighted by atomic mass is 19.1. The Morgan fingerprint density at radius 1 is 0.935 bits per heavy atom. The predicted octanol–water partition coefficient (Wildman–Crippen LogP) is 4.23. The van der Waals surface area contributed by atoms with Crippen LogP contribution in [0, 0.1) is 5.82 Å². The summed E-state index contributed by atoms with van der Waals surface area (Å²) in [6.07, 6.45) is 5.08. The Bertz CT molecular complexity index is 1250. The van der Waals surface area contributed by atoms with Gasteiger partial charge in [-0.1, -0.05) is 6.07 Å². The Morgan fingerprint density at radius 2 is 1.68 bits per heavy atom. The molecule has 0 spiro atoms. The van der Waals surface area contributed by atoms with Gasteiger partial charge in [0.25, 0.3) is 0 Å². The van der Waals surface area contributed by atoms with Gasteiger partial charge in [-0.05, 0) is 66.7 Å². The third kappa shape index (κ3) is 5.18. The molecule has 0 fully saturated rings. The number of rotatable bonds is 6. The summed E-state index contributed by atoms with van der Waals surface area (Å²) in [7, 11) is 0. The first-order chi connectivity index (χ1) is 15.1. The molecular formula is C23H18FN5O2. The van der Waals surface area contributed by atoms with Crippen molar-refractivity contribution in [3.05, 3.63) is 84.1 Å². The first-order valence-electron chi connectivity index (χ1n) is 9.49. The standard InChI is InChI=1S/C23H18FN5O2/c24-15-4-6-17(7-5-15)26-22(30)14-23(31)27-18-8-10-19-20(28-29-21(19)13-18)11-9-16-3-1-2-12-25-16/h1-13H,14H2,(H,26,30)(H,27,31)(H,28,29). The lowest BCUT2D eigenvalue weighted by molar-refractivity contribution is -0.123. The molecule has 3 N–H and O–H groups in total. The van der Waals surface area contributed by atoms with E-state index in [1.165, 1.54) is 24.3 Å². The van der Waals surface area contributed by atoms with Crippen molar-refractivity contribution >= 4 is 46.2 Å². The molecule has 0 saturated carbocycles. The summed E-state index contributed by atoms with van der Waals surface area (Å²) in [5.74, 6) is -1.36. The van der Waals surface area contributed by atoms with E-state index >= 15 is 0 Å². The minimum absolute atomic E-state index is 0.365. The van der Waals surface area contributed by atoms with E-state index in [9.17, 15) is 14.0 Å². The van der Waals surface area contributed by atoms with Crippen molar-refractivity contribution in [1.82, 2.24) is 15.2 Å². The Hall–Kier alpha value is -4.33. The second-order valence-corrected chi connectivity index (χ2v) is 6.74. The van der Waals surface area contributed by atoms with Crippen molar-refractivity contribution in [2.24, 2.45) is 0 Å². The van der Waals surface area contributed by atoms with Crippen LogP contribution in [0.4, 0.5) is 15.8 Å². The number of carbonyl (C=O) groups is 2. The van der Waals surface area contributed by atoms with E-state index < -0.39 is 17.6 Å². The molecule has 2 heterocycles. The summed E-state index contributed by atoms with van der Waals surface area (Å²) < 4.78 is 12.9. The summed E-state index contributed by atoms with van der Waals surface area (Å²) in [4.78, 5) is 28.4. The predicted molar refractivity (Wildman–Crippen MR) is 118 cm³/mol. The zero-order chi connectivity index (χ0) is 21.6. The van der Waals surface area contributed by atoms with Crippen molar-refractivity contribution in [1.29, 1.82) is 0 Å². The Kier molecular flexibility index (Phi) is 5.79. The summed E-state index contributed by atoms with van der Waals surface area (Å²) in [6.45, 7) is 0. The largest absolute Gasteiger partial charge is 0.326 e. The highest BCUT2D eigenvalue weighted by Crippen LogP contribution is 2.22. The molecule has 8 heteroatoms. The molecule has 0 aliphatic rings. The molecule has 0 saturated heterocycles. The highest BCUT2D eigenvalue weighted by molar-refractivity contribution is 6.08. The number of nitrogens with one attached hydrogen (secondary N) is 3. The Morgan fingerprint density at radius 3 is 2.42 bits per heavy atom. The lowest BCUT2D eigenvalue weighted by atomic mass is 10.1. The van der Waals surface area contributed by atoms with Gasteiger partial charge in [0.2, 0.25) is 11.8 Å². The molecule has 4 rings (SSSR count). The maximum absolute atomic E-state index is 12.9. The number of amides is 2. The SMILES string of the molecule is O=C(CC(=O)Nc1ccc2c(C=Cc3ccccn3)n[nH]c2c1)Nc1ccc(F)cc1. The van der Waals surface area contributed by atoms with Gasteiger partial charge in [-0.3, -0.25) is 19.7 Å². The van der Waals surface area contributed by atoms with Gasteiger partial charge in [-0.2, -0.15) is 5.10 Å². The van der Waals surface area contributed by atoms with Crippen LogP contribution in [0.5, 0.6) is 0 Å². The molecule has 0 aliphatic heterocycles. The molecule has 2 aromatic heterocycles. The second-order valence-electron chi connectivity index (χ2n) is 6.74. The number of pyridine rings is 1. The van der Waals surface area contributed by atoms with Crippen LogP contribution >= 0.6 is 0 Å². The molecular weight excluding hydrogens is 397 g/mol. The van der Waals surface area contributed by atoms with Gasteiger partial charge < -0.3 is 10.6 Å². The van der Waals surface area contributed by atoms with Crippen LogP contribution in [-0.2, 0) is 9.59 Å². The Labute approximate surface area is 177 Å². The minimum atomic E-state index is -0.492. The third-order valence-electron chi connectivity index (χ3n) is 4.42. The fourth-order valence-electron chi connectivity index (χ4n) is 2.97.